The molecule has 0 aromatic carbocycles. The van der Waals surface area contributed by atoms with E-state index in [4.69, 9.17) is 11.6 Å². The predicted octanol–water partition coefficient (Wildman–Crippen LogP) is 6.49. The van der Waals surface area contributed by atoms with Crippen molar-refractivity contribution in [2.45, 2.75) is 52.8 Å². The van der Waals surface area contributed by atoms with Crippen molar-refractivity contribution in [2.24, 2.45) is 10.4 Å². The molecular weight excluding hydrogens is 387 g/mol. The molecule has 0 saturated heterocycles. The molecule has 0 bridgehead atoms. The fourth-order valence-corrected chi connectivity index (χ4v) is 3.34. The maximum atomic E-state index is 14.3. The van der Waals surface area contributed by atoms with Gasteiger partial charge in [0.15, 0.2) is 0 Å². The van der Waals surface area contributed by atoms with Crippen LogP contribution in [0.25, 0.3) is 5.57 Å². The van der Waals surface area contributed by atoms with E-state index >= 15 is 0 Å². The molecule has 0 saturated carbocycles. The Balaban J connectivity index is 2.10. The Bertz CT molecular complexity index is 846. The van der Waals surface area contributed by atoms with Crippen LogP contribution in [-0.2, 0) is 0 Å². The summed E-state index contributed by atoms with van der Waals surface area (Å²) < 4.78 is 14.3. The summed E-state index contributed by atoms with van der Waals surface area (Å²) >= 11 is 6.36. The SMILES string of the molecule is CC/C=C\N=C(C(C)Cl)C(C)(C)CNc1ccc(C2=CCC(C)=CC=C2F)nn1. The Morgan fingerprint density at radius 2 is 2.10 bits per heavy atom. The summed E-state index contributed by atoms with van der Waals surface area (Å²) in [5.41, 5.74) is 2.73. The van der Waals surface area contributed by atoms with Crippen molar-refractivity contribution in [3.8, 4) is 0 Å². The van der Waals surface area contributed by atoms with E-state index in [2.05, 4.69) is 41.3 Å². The van der Waals surface area contributed by atoms with Gasteiger partial charge in [0, 0.05) is 29.4 Å². The molecule has 0 amide bonds. The molecule has 6 heteroatoms. The molecule has 1 unspecified atom stereocenters. The molecule has 29 heavy (non-hydrogen) atoms. The van der Waals surface area contributed by atoms with Crippen LogP contribution in [0.15, 0.2) is 59.0 Å². The number of rotatable bonds is 8. The third-order valence-electron chi connectivity index (χ3n) is 4.68. The zero-order valence-corrected chi connectivity index (χ0v) is 18.6. The summed E-state index contributed by atoms with van der Waals surface area (Å²) in [5.74, 6) is 0.329. The van der Waals surface area contributed by atoms with Crippen LogP contribution in [0.5, 0.6) is 0 Å². The summed E-state index contributed by atoms with van der Waals surface area (Å²) in [6.07, 6.45) is 10.5. The van der Waals surface area contributed by atoms with E-state index in [0.717, 1.165) is 17.7 Å². The zero-order valence-electron chi connectivity index (χ0n) is 17.8. The quantitative estimate of drug-likeness (QED) is 0.389. The Morgan fingerprint density at radius 3 is 2.72 bits per heavy atom. The molecule has 1 aliphatic rings. The summed E-state index contributed by atoms with van der Waals surface area (Å²) in [6, 6.07) is 3.60. The van der Waals surface area contributed by atoms with Gasteiger partial charge in [-0.25, -0.2) is 4.39 Å². The van der Waals surface area contributed by atoms with E-state index in [9.17, 15) is 4.39 Å². The van der Waals surface area contributed by atoms with E-state index in [1.54, 1.807) is 12.1 Å². The van der Waals surface area contributed by atoms with E-state index in [-0.39, 0.29) is 16.6 Å². The molecule has 2 rings (SSSR count). The Morgan fingerprint density at radius 1 is 1.34 bits per heavy atom. The molecule has 0 aliphatic heterocycles. The normalized spacial score (nSPS) is 16.8. The van der Waals surface area contributed by atoms with Gasteiger partial charge in [-0.1, -0.05) is 44.6 Å². The van der Waals surface area contributed by atoms with Crippen molar-refractivity contribution in [2.75, 3.05) is 11.9 Å². The van der Waals surface area contributed by atoms with Gasteiger partial charge >= 0.3 is 0 Å². The zero-order chi connectivity index (χ0) is 21.4. The smallest absolute Gasteiger partial charge is 0.148 e. The number of halogens is 2. The van der Waals surface area contributed by atoms with E-state index in [0.29, 0.717) is 30.1 Å². The van der Waals surface area contributed by atoms with Crippen molar-refractivity contribution in [3.05, 3.63) is 59.7 Å². The van der Waals surface area contributed by atoms with Crippen LogP contribution in [0.1, 0.15) is 53.2 Å². The third-order valence-corrected chi connectivity index (χ3v) is 4.88. The number of allylic oxidation sites excluding steroid dienone is 7. The van der Waals surface area contributed by atoms with Crippen molar-refractivity contribution >= 4 is 28.7 Å². The monoisotopic (exact) mass is 416 g/mol. The molecule has 1 aromatic heterocycles. The van der Waals surface area contributed by atoms with Gasteiger partial charge in [0.1, 0.15) is 11.6 Å². The van der Waals surface area contributed by atoms with Crippen LogP contribution in [0, 0.1) is 5.41 Å². The predicted molar refractivity (Wildman–Crippen MR) is 122 cm³/mol. The first-order valence-corrected chi connectivity index (χ1v) is 10.4. The minimum absolute atomic E-state index is 0.184. The first-order chi connectivity index (χ1) is 13.7. The molecule has 0 fully saturated rings. The first kappa shape index (κ1) is 23.0. The lowest BCUT2D eigenvalue weighted by atomic mass is 9.85. The number of anilines is 1. The number of aliphatic imine (C=N–C) groups is 1. The van der Waals surface area contributed by atoms with Crippen LogP contribution >= 0.6 is 11.6 Å². The Kier molecular flexibility index (Phi) is 8.32. The Hall–Kier alpha value is -2.27. The van der Waals surface area contributed by atoms with E-state index in [1.807, 2.05) is 38.3 Å². The molecule has 1 aromatic rings. The van der Waals surface area contributed by atoms with Gasteiger partial charge < -0.3 is 5.32 Å². The lowest BCUT2D eigenvalue weighted by Gasteiger charge is -2.28. The highest BCUT2D eigenvalue weighted by Gasteiger charge is 2.28. The molecule has 1 heterocycles. The summed E-state index contributed by atoms with van der Waals surface area (Å²) in [6.45, 7) is 10.7. The lowest BCUT2D eigenvalue weighted by Crippen LogP contribution is -2.36. The number of nitrogens with zero attached hydrogens (tertiary/aromatic N) is 3. The number of hydrogen-bond donors (Lipinski definition) is 1. The molecular formula is C23H30ClFN4. The highest BCUT2D eigenvalue weighted by molar-refractivity contribution is 6.32. The van der Waals surface area contributed by atoms with Crippen LogP contribution in [-0.4, -0.2) is 27.8 Å². The van der Waals surface area contributed by atoms with E-state index < -0.39 is 0 Å². The van der Waals surface area contributed by atoms with Crippen LogP contribution in [0.2, 0.25) is 0 Å². The van der Waals surface area contributed by atoms with Crippen LogP contribution < -0.4 is 5.32 Å². The molecule has 1 atom stereocenters. The number of alkyl halides is 1. The molecule has 0 radical (unpaired) electrons. The fraction of sp³-hybridized carbons (Fsp3) is 0.435. The maximum absolute atomic E-state index is 14.3. The van der Waals surface area contributed by atoms with Crippen LogP contribution in [0.4, 0.5) is 10.2 Å². The molecule has 1 N–H and O–H groups in total. The second-order valence-electron chi connectivity index (χ2n) is 7.81. The summed E-state index contributed by atoms with van der Waals surface area (Å²) in [4.78, 5) is 4.56. The summed E-state index contributed by atoms with van der Waals surface area (Å²) in [5, 5.41) is 11.5. The molecule has 0 spiro atoms. The number of hydrogen-bond acceptors (Lipinski definition) is 4. The molecule has 1 aliphatic carbocycles. The van der Waals surface area contributed by atoms with Crippen molar-refractivity contribution < 1.29 is 4.39 Å². The average Bonchev–Trinajstić information content (AvgIpc) is 2.85. The number of aromatic nitrogens is 2. The van der Waals surface area contributed by atoms with Crippen molar-refractivity contribution in [1.29, 1.82) is 0 Å². The summed E-state index contributed by atoms with van der Waals surface area (Å²) in [7, 11) is 0. The second-order valence-corrected chi connectivity index (χ2v) is 8.47. The number of nitrogens with one attached hydrogen (secondary N) is 1. The third kappa shape index (κ3) is 6.64. The van der Waals surface area contributed by atoms with Gasteiger partial charge in [-0.3, -0.25) is 4.99 Å². The van der Waals surface area contributed by atoms with Gasteiger partial charge in [0.25, 0.3) is 0 Å². The van der Waals surface area contributed by atoms with Crippen molar-refractivity contribution in [3.63, 3.8) is 0 Å². The highest BCUT2D eigenvalue weighted by atomic mass is 35.5. The minimum atomic E-state index is -0.296. The molecule has 156 valence electrons. The first-order valence-electron chi connectivity index (χ1n) is 9.93. The van der Waals surface area contributed by atoms with Crippen molar-refractivity contribution in [1.82, 2.24) is 10.2 Å². The minimum Gasteiger partial charge on any atom is -0.368 e. The highest BCUT2D eigenvalue weighted by Crippen LogP contribution is 2.27. The second kappa shape index (κ2) is 10.5. The average molecular weight is 417 g/mol. The van der Waals surface area contributed by atoms with Gasteiger partial charge in [-0.2, -0.15) is 0 Å². The topological polar surface area (TPSA) is 50.2 Å². The van der Waals surface area contributed by atoms with Gasteiger partial charge in [0.2, 0.25) is 0 Å². The largest absolute Gasteiger partial charge is 0.368 e. The van der Waals surface area contributed by atoms with E-state index in [1.165, 1.54) is 6.08 Å². The van der Waals surface area contributed by atoms with Gasteiger partial charge in [-0.05, 0) is 44.9 Å². The maximum Gasteiger partial charge on any atom is 0.148 e. The standard InChI is InChI=1S/C23H30ClFN4/c1-6-7-14-26-22(17(3)24)23(4,5)15-27-21-13-12-20(28-29-21)18-10-8-16(2)9-11-19(18)25/h7,9-14,17H,6,8,15H2,1-5H3,(H,27,29)/b14-7-,26-22?. The van der Waals surface area contributed by atoms with Gasteiger partial charge in [0.05, 0.1) is 11.1 Å². The lowest BCUT2D eigenvalue weighted by molar-refractivity contribution is 0.546. The fourth-order valence-electron chi connectivity index (χ4n) is 2.99. The molecule has 4 nitrogen and oxygen atoms in total. The van der Waals surface area contributed by atoms with Crippen LogP contribution in [0.3, 0.4) is 0 Å². The van der Waals surface area contributed by atoms with Gasteiger partial charge in [-0.15, -0.1) is 21.8 Å². The Labute approximate surface area is 178 Å².